The molecule has 1 rings (SSSR count). The Morgan fingerprint density at radius 1 is 1.43 bits per heavy atom. The number of hydrogen-bond acceptors (Lipinski definition) is 4. The van der Waals surface area contributed by atoms with Crippen molar-refractivity contribution in [1.29, 1.82) is 0 Å². The molecular formula is C16H25N3O2. The van der Waals surface area contributed by atoms with Gasteiger partial charge in [-0.05, 0) is 52.0 Å². The molecule has 0 aliphatic carbocycles. The number of ether oxygens (including phenoxy) is 1. The summed E-state index contributed by atoms with van der Waals surface area (Å²) in [6, 6.07) is 3.54. The number of amides is 1. The number of nitrogens with two attached hydrogens (primary N) is 1. The molecule has 0 radical (unpaired) electrons. The van der Waals surface area contributed by atoms with E-state index in [4.69, 9.17) is 10.5 Å². The predicted octanol–water partition coefficient (Wildman–Crippen LogP) is 2.29. The molecule has 0 atom stereocenters. The molecule has 21 heavy (non-hydrogen) atoms. The highest BCUT2D eigenvalue weighted by Gasteiger charge is 2.12. The van der Waals surface area contributed by atoms with E-state index in [-0.39, 0.29) is 5.91 Å². The van der Waals surface area contributed by atoms with Crippen LogP contribution in [0.4, 0.5) is 11.4 Å². The SMILES string of the molecule is C=CC(=O)Nc1cc(N)cc(OC)c1CCCCN(C)C. The number of methoxy groups -OCH3 is 1. The Morgan fingerprint density at radius 2 is 2.14 bits per heavy atom. The topological polar surface area (TPSA) is 67.6 Å². The van der Waals surface area contributed by atoms with Crippen LogP contribution in [0.2, 0.25) is 0 Å². The van der Waals surface area contributed by atoms with Crippen molar-refractivity contribution in [3.63, 3.8) is 0 Å². The van der Waals surface area contributed by atoms with Gasteiger partial charge in [-0.15, -0.1) is 0 Å². The van der Waals surface area contributed by atoms with E-state index in [2.05, 4.69) is 30.9 Å². The number of nitrogen functional groups attached to an aromatic ring is 1. The van der Waals surface area contributed by atoms with E-state index < -0.39 is 0 Å². The zero-order chi connectivity index (χ0) is 15.8. The molecule has 1 amide bonds. The van der Waals surface area contributed by atoms with Gasteiger partial charge in [0, 0.05) is 23.0 Å². The van der Waals surface area contributed by atoms with Gasteiger partial charge in [-0.3, -0.25) is 4.79 Å². The molecule has 1 aromatic carbocycles. The lowest BCUT2D eigenvalue weighted by molar-refractivity contribution is -0.111. The summed E-state index contributed by atoms with van der Waals surface area (Å²) in [4.78, 5) is 13.7. The van der Waals surface area contributed by atoms with Crippen LogP contribution < -0.4 is 15.8 Å². The molecule has 0 saturated heterocycles. The fraction of sp³-hybridized carbons (Fsp3) is 0.438. The summed E-state index contributed by atoms with van der Waals surface area (Å²) in [5, 5.41) is 2.80. The highest BCUT2D eigenvalue weighted by molar-refractivity contribution is 6.00. The molecule has 0 unspecified atom stereocenters. The maximum Gasteiger partial charge on any atom is 0.247 e. The predicted molar refractivity (Wildman–Crippen MR) is 87.7 cm³/mol. The summed E-state index contributed by atoms with van der Waals surface area (Å²) in [5.74, 6) is 0.455. The smallest absolute Gasteiger partial charge is 0.247 e. The number of nitrogens with zero attached hydrogens (tertiary/aromatic N) is 1. The van der Waals surface area contributed by atoms with E-state index in [0.717, 1.165) is 31.4 Å². The van der Waals surface area contributed by atoms with Crippen molar-refractivity contribution in [3.8, 4) is 5.75 Å². The first-order valence-electron chi connectivity index (χ1n) is 7.02. The second kappa shape index (κ2) is 8.32. The maximum absolute atomic E-state index is 11.5. The first kappa shape index (κ1) is 17.0. The van der Waals surface area contributed by atoms with Gasteiger partial charge in [0.1, 0.15) is 5.75 Å². The van der Waals surface area contributed by atoms with Crippen LogP contribution in [0, 0.1) is 0 Å². The van der Waals surface area contributed by atoms with Crippen molar-refractivity contribution < 1.29 is 9.53 Å². The second-order valence-corrected chi connectivity index (χ2v) is 5.20. The minimum absolute atomic E-state index is 0.253. The summed E-state index contributed by atoms with van der Waals surface area (Å²) >= 11 is 0. The summed E-state index contributed by atoms with van der Waals surface area (Å²) in [5.41, 5.74) is 8.08. The molecule has 0 bridgehead atoms. The van der Waals surface area contributed by atoms with E-state index in [1.807, 2.05) is 0 Å². The molecule has 1 aromatic rings. The van der Waals surface area contributed by atoms with Gasteiger partial charge in [0.2, 0.25) is 5.91 Å². The molecule has 0 heterocycles. The monoisotopic (exact) mass is 291 g/mol. The average molecular weight is 291 g/mol. The number of unbranched alkanes of at least 4 members (excludes halogenated alkanes) is 1. The van der Waals surface area contributed by atoms with Gasteiger partial charge in [0.15, 0.2) is 0 Å². The Hall–Kier alpha value is -2.01. The van der Waals surface area contributed by atoms with Crippen molar-refractivity contribution in [2.75, 3.05) is 38.8 Å². The van der Waals surface area contributed by atoms with Crippen LogP contribution in [0.15, 0.2) is 24.8 Å². The highest BCUT2D eigenvalue weighted by atomic mass is 16.5. The number of hydrogen-bond donors (Lipinski definition) is 2. The first-order chi connectivity index (χ1) is 9.97. The van der Waals surface area contributed by atoms with Crippen molar-refractivity contribution in [2.45, 2.75) is 19.3 Å². The largest absolute Gasteiger partial charge is 0.496 e. The lowest BCUT2D eigenvalue weighted by Gasteiger charge is -2.16. The highest BCUT2D eigenvalue weighted by Crippen LogP contribution is 2.31. The number of nitrogens with one attached hydrogen (secondary N) is 1. The molecule has 5 heteroatoms. The third-order valence-corrected chi connectivity index (χ3v) is 3.18. The third kappa shape index (κ3) is 5.47. The molecule has 0 spiro atoms. The molecule has 0 aliphatic heterocycles. The van der Waals surface area contributed by atoms with Gasteiger partial charge >= 0.3 is 0 Å². The Kier molecular flexibility index (Phi) is 6.75. The Labute approximate surface area is 126 Å². The molecule has 0 aromatic heterocycles. The maximum atomic E-state index is 11.5. The van der Waals surface area contributed by atoms with Crippen LogP contribution in [0.1, 0.15) is 18.4 Å². The van der Waals surface area contributed by atoms with E-state index in [9.17, 15) is 4.79 Å². The summed E-state index contributed by atoms with van der Waals surface area (Å²) in [6.07, 6.45) is 4.15. The second-order valence-electron chi connectivity index (χ2n) is 5.20. The molecular weight excluding hydrogens is 266 g/mol. The molecule has 5 nitrogen and oxygen atoms in total. The van der Waals surface area contributed by atoms with Gasteiger partial charge in [0.25, 0.3) is 0 Å². The first-order valence-corrected chi connectivity index (χ1v) is 7.02. The van der Waals surface area contributed by atoms with Crippen molar-refractivity contribution in [3.05, 3.63) is 30.4 Å². The van der Waals surface area contributed by atoms with Crippen LogP contribution in [-0.2, 0) is 11.2 Å². The molecule has 0 aliphatic rings. The lowest BCUT2D eigenvalue weighted by Crippen LogP contribution is -2.14. The number of benzene rings is 1. The molecule has 116 valence electrons. The van der Waals surface area contributed by atoms with Crippen LogP contribution >= 0.6 is 0 Å². The standard InChI is InChI=1S/C16H25N3O2/c1-5-16(20)18-14-10-12(17)11-15(21-4)13(14)8-6-7-9-19(2)3/h5,10-11H,1,6-9,17H2,2-4H3,(H,18,20). The van der Waals surface area contributed by atoms with Gasteiger partial charge in [-0.25, -0.2) is 0 Å². The van der Waals surface area contributed by atoms with Crippen molar-refractivity contribution >= 4 is 17.3 Å². The fourth-order valence-electron chi connectivity index (χ4n) is 2.13. The Bertz CT molecular complexity index is 499. The van der Waals surface area contributed by atoms with Crippen LogP contribution in [0.5, 0.6) is 5.75 Å². The number of carbonyl (C=O) groups is 1. The fourth-order valence-corrected chi connectivity index (χ4v) is 2.13. The minimum Gasteiger partial charge on any atom is -0.496 e. The normalized spacial score (nSPS) is 10.5. The lowest BCUT2D eigenvalue weighted by atomic mass is 10.0. The molecule has 0 saturated carbocycles. The number of rotatable bonds is 8. The number of carbonyl (C=O) groups excluding carboxylic acids is 1. The van der Waals surface area contributed by atoms with E-state index in [1.165, 1.54) is 6.08 Å². The zero-order valence-corrected chi connectivity index (χ0v) is 13.1. The van der Waals surface area contributed by atoms with Crippen LogP contribution in [0.25, 0.3) is 0 Å². The van der Waals surface area contributed by atoms with Crippen LogP contribution in [-0.4, -0.2) is 38.6 Å². The van der Waals surface area contributed by atoms with Gasteiger partial charge in [-0.1, -0.05) is 6.58 Å². The molecule has 3 N–H and O–H groups in total. The van der Waals surface area contributed by atoms with Gasteiger partial charge in [0.05, 0.1) is 7.11 Å². The van der Waals surface area contributed by atoms with E-state index in [1.54, 1.807) is 19.2 Å². The van der Waals surface area contributed by atoms with Gasteiger partial charge in [-0.2, -0.15) is 0 Å². The van der Waals surface area contributed by atoms with Crippen molar-refractivity contribution in [2.24, 2.45) is 0 Å². The van der Waals surface area contributed by atoms with Crippen LogP contribution in [0.3, 0.4) is 0 Å². The quantitative estimate of drug-likeness (QED) is 0.438. The summed E-state index contributed by atoms with van der Waals surface area (Å²) in [6.45, 7) is 4.50. The Morgan fingerprint density at radius 3 is 2.71 bits per heavy atom. The zero-order valence-electron chi connectivity index (χ0n) is 13.1. The summed E-state index contributed by atoms with van der Waals surface area (Å²) in [7, 11) is 5.72. The number of anilines is 2. The van der Waals surface area contributed by atoms with E-state index >= 15 is 0 Å². The average Bonchev–Trinajstić information content (AvgIpc) is 2.44. The molecule has 0 fully saturated rings. The third-order valence-electron chi connectivity index (χ3n) is 3.18. The summed E-state index contributed by atoms with van der Waals surface area (Å²) < 4.78 is 5.39. The Balaban J connectivity index is 2.91. The van der Waals surface area contributed by atoms with Gasteiger partial charge < -0.3 is 20.7 Å². The van der Waals surface area contributed by atoms with E-state index in [0.29, 0.717) is 17.1 Å². The van der Waals surface area contributed by atoms with Crippen molar-refractivity contribution in [1.82, 2.24) is 4.90 Å². The minimum atomic E-state index is -0.253.